The first-order valence-corrected chi connectivity index (χ1v) is 13.7. The molecule has 0 radical (unpaired) electrons. The maximum absolute atomic E-state index is 13.6. The van der Waals surface area contributed by atoms with Crippen LogP contribution in [0.5, 0.6) is 5.75 Å². The quantitative estimate of drug-likeness (QED) is 0.279. The molecular weight excluding hydrogens is 532 g/mol. The zero-order valence-electron chi connectivity index (χ0n) is 21.5. The Morgan fingerprint density at radius 3 is 2.36 bits per heavy atom. The summed E-state index contributed by atoms with van der Waals surface area (Å²) in [5, 5.41) is 20.4. The molecule has 1 atom stereocenters. The van der Waals surface area contributed by atoms with Gasteiger partial charge in [0.1, 0.15) is 5.75 Å². The molecule has 3 aromatic rings. The Hall–Kier alpha value is -4.19. The molecule has 4 rings (SSSR count). The molecule has 39 heavy (non-hydrogen) atoms. The molecule has 1 aliphatic heterocycles. The van der Waals surface area contributed by atoms with Crippen molar-refractivity contribution in [3.8, 4) is 11.8 Å². The van der Waals surface area contributed by atoms with Gasteiger partial charge in [0.25, 0.3) is 5.91 Å². The molecule has 0 bridgehead atoms. The summed E-state index contributed by atoms with van der Waals surface area (Å²) in [6.07, 6.45) is 0. The van der Waals surface area contributed by atoms with Gasteiger partial charge >= 0.3 is 0 Å². The highest BCUT2D eigenvalue weighted by molar-refractivity contribution is 8.03. The molecule has 1 heterocycles. The number of nitrogens with one attached hydrogen (secondary N) is 3. The predicted molar refractivity (Wildman–Crippen MR) is 156 cm³/mol. The summed E-state index contributed by atoms with van der Waals surface area (Å²) in [7, 11) is 0. The molecule has 0 saturated carbocycles. The molecule has 0 spiro atoms. The van der Waals surface area contributed by atoms with Crippen molar-refractivity contribution in [1.29, 1.82) is 5.26 Å². The Morgan fingerprint density at radius 2 is 1.67 bits per heavy atom. The molecular formula is C30H27ClN4O3S. The molecule has 3 aromatic carbocycles. The van der Waals surface area contributed by atoms with Crippen LogP contribution in [0.4, 0.5) is 11.4 Å². The molecule has 0 aliphatic carbocycles. The van der Waals surface area contributed by atoms with Gasteiger partial charge in [0, 0.05) is 33.2 Å². The molecule has 0 saturated heterocycles. The Labute approximate surface area is 236 Å². The van der Waals surface area contributed by atoms with Crippen LogP contribution in [0.2, 0.25) is 5.02 Å². The highest BCUT2D eigenvalue weighted by Crippen LogP contribution is 2.44. The zero-order chi connectivity index (χ0) is 27.8. The van der Waals surface area contributed by atoms with Gasteiger partial charge in [-0.15, -0.1) is 0 Å². The number of benzene rings is 3. The summed E-state index contributed by atoms with van der Waals surface area (Å²) in [5.41, 5.74) is 3.27. The number of hydrogen-bond acceptors (Lipinski definition) is 6. The number of thioether (sulfide) groups is 1. The number of carbonyl (C=O) groups excluding carboxylic acids is 2. The van der Waals surface area contributed by atoms with Crippen LogP contribution < -0.4 is 20.7 Å². The van der Waals surface area contributed by atoms with Crippen molar-refractivity contribution in [3.05, 3.63) is 111 Å². The average molecular weight is 559 g/mol. The number of nitrogens with zero attached hydrogens (tertiary/aromatic N) is 1. The van der Waals surface area contributed by atoms with E-state index in [9.17, 15) is 14.9 Å². The van der Waals surface area contributed by atoms with Crippen LogP contribution >= 0.6 is 23.4 Å². The number of nitriles is 1. The second-order valence-electron chi connectivity index (χ2n) is 8.59. The third-order valence-corrected chi connectivity index (χ3v) is 7.20. The number of dihydropyridines is 1. The van der Waals surface area contributed by atoms with Crippen molar-refractivity contribution in [2.24, 2.45) is 0 Å². The van der Waals surface area contributed by atoms with Gasteiger partial charge in [0.15, 0.2) is 0 Å². The maximum Gasteiger partial charge on any atom is 0.254 e. The van der Waals surface area contributed by atoms with Crippen molar-refractivity contribution in [2.75, 3.05) is 23.0 Å². The van der Waals surface area contributed by atoms with Crippen LogP contribution in [0.1, 0.15) is 25.3 Å². The topological polar surface area (TPSA) is 103 Å². The van der Waals surface area contributed by atoms with E-state index in [1.165, 1.54) is 11.8 Å². The Kier molecular flexibility index (Phi) is 9.31. The van der Waals surface area contributed by atoms with Crippen LogP contribution in [0.25, 0.3) is 0 Å². The number of allylic oxidation sites excluding steroid dienone is 2. The normalized spacial score (nSPS) is 14.8. The summed E-state index contributed by atoms with van der Waals surface area (Å²) >= 11 is 7.13. The van der Waals surface area contributed by atoms with Gasteiger partial charge in [-0.2, -0.15) is 5.26 Å². The van der Waals surface area contributed by atoms with E-state index in [1.807, 2.05) is 49.4 Å². The minimum absolute atomic E-state index is 0.0504. The van der Waals surface area contributed by atoms with Crippen molar-refractivity contribution in [1.82, 2.24) is 5.32 Å². The second-order valence-corrected chi connectivity index (χ2v) is 10.0. The van der Waals surface area contributed by atoms with E-state index in [2.05, 4.69) is 22.0 Å². The molecule has 9 heteroatoms. The first kappa shape index (κ1) is 27.8. The highest BCUT2D eigenvalue weighted by Gasteiger charge is 2.36. The van der Waals surface area contributed by atoms with E-state index < -0.39 is 5.92 Å². The van der Waals surface area contributed by atoms with Crippen LogP contribution in [0.3, 0.4) is 0 Å². The lowest BCUT2D eigenvalue weighted by atomic mass is 9.81. The number of carbonyl (C=O) groups is 2. The van der Waals surface area contributed by atoms with Crippen molar-refractivity contribution in [3.63, 3.8) is 0 Å². The highest BCUT2D eigenvalue weighted by atomic mass is 35.5. The molecule has 198 valence electrons. The van der Waals surface area contributed by atoms with Crippen molar-refractivity contribution in [2.45, 2.75) is 19.8 Å². The number of hydrogen-bond donors (Lipinski definition) is 3. The minimum atomic E-state index is -0.704. The van der Waals surface area contributed by atoms with Gasteiger partial charge in [0.2, 0.25) is 5.91 Å². The molecule has 1 aliphatic rings. The van der Waals surface area contributed by atoms with E-state index in [4.69, 9.17) is 16.3 Å². The van der Waals surface area contributed by atoms with Gasteiger partial charge < -0.3 is 20.7 Å². The van der Waals surface area contributed by atoms with E-state index in [-0.39, 0.29) is 17.6 Å². The Balaban J connectivity index is 1.67. The van der Waals surface area contributed by atoms with Crippen LogP contribution in [-0.2, 0) is 9.59 Å². The minimum Gasteiger partial charge on any atom is -0.494 e. The summed E-state index contributed by atoms with van der Waals surface area (Å²) in [6.45, 7) is 4.10. The Morgan fingerprint density at radius 1 is 1.00 bits per heavy atom. The fourth-order valence-electron chi connectivity index (χ4n) is 4.23. The molecule has 7 nitrogen and oxygen atoms in total. The predicted octanol–water partition coefficient (Wildman–Crippen LogP) is 6.45. The van der Waals surface area contributed by atoms with Gasteiger partial charge in [-0.3, -0.25) is 9.59 Å². The number of rotatable bonds is 9. The molecule has 0 fully saturated rings. The third kappa shape index (κ3) is 6.82. The second kappa shape index (κ2) is 13.1. The third-order valence-electron chi connectivity index (χ3n) is 5.93. The summed E-state index contributed by atoms with van der Waals surface area (Å²) in [6, 6.07) is 25.6. The number of para-hydroxylation sites is 2. The van der Waals surface area contributed by atoms with E-state index in [0.717, 1.165) is 0 Å². The summed E-state index contributed by atoms with van der Waals surface area (Å²) < 4.78 is 5.89. The van der Waals surface area contributed by atoms with Gasteiger partial charge in [0.05, 0.1) is 34.9 Å². The Bertz CT molecular complexity index is 1460. The van der Waals surface area contributed by atoms with Gasteiger partial charge in [-0.1, -0.05) is 59.8 Å². The lowest BCUT2D eigenvalue weighted by Gasteiger charge is -2.30. The maximum atomic E-state index is 13.6. The first-order valence-electron chi connectivity index (χ1n) is 12.3. The monoisotopic (exact) mass is 558 g/mol. The molecule has 3 N–H and O–H groups in total. The lowest BCUT2D eigenvalue weighted by molar-refractivity contribution is -0.114. The molecule has 2 amide bonds. The standard InChI is InChI=1S/C30H27ClN4O3S/c1-3-38-25-12-8-7-11-23(25)28-24(17-32)30(39-18-26(36)34-22-15-13-20(31)14-16-22)33-19(2)27(28)29(37)35-21-9-5-4-6-10-21/h4-16,28,33H,3,18H2,1-2H3,(H,34,36)(H,35,37)/t28-/m1/s1. The first-order chi connectivity index (χ1) is 18.9. The number of amides is 2. The number of halogens is 1. The number of anilines is 2. The van der Waals surface area contributed by atoms with Crippen LogP contribution in [0.15, 0.2) is 101 Å². The molecule has 0 aromatic heterocycles. The molecule has 0 unspecified atom stereocenters. The zero-order valence-corrected chi connectivity index (χ0v) is 23.0. The summed E-state index contributed by atoms with van der Waals surface area (Å²) in [4.78, 5) is 26.3. The van der Waals surface area contributed by atoms with E-state index in [0.29, 0.717) is 56.2 Å². The fraction of sp³-hybridized carbons (Fsp3) is 0.167. The fourth-order valence-corrected chi connectivity index (χ4v) is 5.25. The van der Waals surface area contributed by atoms with Crippen molar-refractivity contribution < 1.29 is 14.3 Å². The van der Waals surface area contributed by atoms with E-state index in [1.54, 1.807) is 43.3 Å². The van der Waals surface area contributed by atoms with E-state index >= 15 is 0 Å². The lowest BCUT2D eigenvalue weighted by Crippen LogP contribution is -2.31. The SMILES string of the molecule is CCOc1ccccc1[C@@H]1C(C#N)=C(SCC(=O)Nc2ccc(Cl)cc2)NC(C)=C1C(=O)Nc1ccccc1. The van der Waals surface area contributed by atoms with Gasteiger partial charge in [-0.05, 0) is 56.3 Å². The average Bonchev–Trinajstić information content (AvgIpc) is 2.93. The largest absolute Gasteiger partial charge is 0.494 e. The number of ether oxygens (including phenoxy) is 1. The van der Waals surface area contributed by atoms with Crippen LogP contribution in [0, 0.1) is 11.3 Å². The van der Waals surface area contributed by atoms with Gasteiger partial charge in [-0.25, -0.2) is 0 Å². The smallest absolute Gasteiger partial charge is 0.254 e. The summed E-state index contributed by atoms with van der Waals surface area (Å²) in [5.74, 6) is -0.643. The van der Waals surface area contributed by atoms with Crippen LogP contribution in [-0.4, -0.2) is 24.2 Å². The van der Waals surface area contributed by atoms with Crippen molar-refractivity contribution >= 4 is 46.6 Å².